The standard InChI is InChI=1S/C25H26N4O/c1-16-10-11-24-21(12-16)13-22(17(2)27-24)25(30)26-14-23-18(3)28-29(19(23)4)15-20-8-6-5-7-9-20/h5-13H,14-15H2,1-4H3,(H,26,30). The number of pyridine rings is 1. The second-order valence-electron chi connectivity index (χ2n) is 7.79. The second-order valence-corrected chi connectivity index (χ2v) is 7.79. The molecular formula is C25H26N4O. The summed E-state index contributed by atoms with van der Waals surface area (Å²) in [7, 11) is 0. The molecule has 152 valence electrons. The van der Waals surface area contributed by atoms with Crippen LogP contribution < -0.4 is 5.32 Å². The minimum atomic E-state index is -0.113. The highest BCUT2D eigenvalue weighted by Crippen LogP contribution is 2.19. The Balaban J connectivity index is 1.53. The van der Waals surface area contributed by atoms with E-state index in [9.17, 15) is 4.79 Å². The molecule has 4 rings (SSSR count). The van der Waals surface area contributed by atoms with Gasteiger partial charge in [0.1, 0.15) is 0 Å². The van der Waals surface area contributed by atoms with Crippen LogP contribution in [0.15, 0.2) is 54.6 Å². The lowest BCUT2D eigenvalue weighted by atomic mass is 10.1. The molecule has 0 saturated heterocycles. The molecule has 2 aromatic carbocycles. The van der Waals surface area contributed by atoms with Crippen LogP contribution in [0, 0.1) is 27.7 Å². The lowest BCUT2D eigenvalue weighted by Gasteiger charge is -2.10. The predicted molar refractivity (Wildman–Crippen MR) is 120 cm³/mol. The van der Waals surface area contributed by atoms with Gasteiger partial charge in [-0.25, -0.2) is 0 Å². The summed E-state index contributed by atoms with van der Waals surface area (Å²) in [6.07, 6.45) is 0. The Morgan fingerprint density at radius 3 is 2.50 bits per heavy atom. The smallest absolute Gasteiger partial charge is 0.253 e. The lowest BCUT2D eigenvalue weighted by Crippen LogP contribution is -2.24. The van der Waals surface area contributed by atoms with Gasteiger partial charge in [-0.1, -0.05) is 42.0 Å². The molecule has 4 aromatic rings. The number of nitrogens with one attached hydrogen (secondary N) is 1. The third-order valence-corrected chi connectivity index (χ3v) is 5.54. The zero-order valence-electron chi connectivity index (χ0n) is 17.9. The number of aromatic nitrogens is 3. The van der Waals surface area contributed by atoms with Gasteiger partial charge in [-0.15, -0.1) is 0 Å². The number of aryl methyl sites for hydroxylation is 3. The summed E-state index contributed by atoms with van der Waals surface area (Å²) in [6.45, 7) is 9.11. The van der Waals surface area contributed by atoms with E-state index in [1.807, 2.05) is 61.9 Å². The molecule has 0 bridgehead atoms. The number of carbonyl (C=O) groups is 1. The number of amides is 1. The first-order valence-electron chi connectivity index (χ1n) is 10.2. The molecule has 1 amide bonds. The van der Waals surface area contributed by atoms with Gasteiger partial charge in [0.25, 0.3) is 5.91 Å². The number of hydrogen-bond donors (Lipinski definition) is 1. The average Bonchev–Trinajstić information content (AvgIpc) is 2.99. The lowest BCUT2D eigenvalue weighted by molar-refractivity contribution is 0.0950. The third kappa shape index (κ3) is 3.96. The fourth-order valence-electron chi connectivity index (χ4n) is 3.79. The van der Waals surface area contributed by atoms with E-state index >= 15 is 0 Å². The molecule has 0 aliphatic heterocycles. The molecule has 2 heterocycles. The molecule has 5 nitrogen and oxygen atoms in total. The van der Waals surface area contributed by atoms with Crippen molar-refractivity contribution >= 4 is 16.8 Å². The van der Waals surface area contributed by atoms with E-state index in [0.717, 1.165) is 39.1 Å². The van der Waals surface area contributed by atoms with E-state index in [1.165, 1.54) is 5.56 Å². The highest BCUT2D eigenvalue weighted by atomic mass is 16.1. The number of benzene rings is 2. The van der Waals surface area contributed by atoms with Crippen molar-refractivity contribution in [3.8, 4) is 0 Å². The summed E-state index contributed by atoms with van der Waals surface area (Å²) >= 11 is 0. The van der Waals surface area contributed by atoms with Crippen LogP contribution >= 0.6 is 0 Å². The van der Waals surface area contributed by atoms with E-state index in [4.69, 9.17) is 0 Å². The van der Waals surface area contributed by atoms with Crippen LogP contribution in [0.3, 0.4) is 0 Å². The molecule has 0 radical (unpaired) electrons. The molecule has 0 unspecified atom stereocenters. The van der Waals surface area contributed by atoms with Crippen molar-refractivity contribution in [3.05, 3.63) is 93.9 Å². The highest BCUT2D eigenvalue weighted by molar-refractivity contribution is 5.98. The molecule has 0 aliphatic carbocycles. The van der Waals surface area contributed by atoms with E-state index < -0.39 is 0 Å². The molecule has 1 N–H and O–H groups in total. The SMILES string of the molecule is Cc1ccc2nc(C)c(C(=O)NCc3c(C)nn(Cc4ccccc4)c3C)cc2c1. The molecule has 0 fully saturated rings. The van der Waals surface area contributed by atoms with E-state index in [1.54, 1.807) is 0 Å². The number of carbonyl (C=O) groups excluding carboxylic acids is 1. The Hall–Kier alpha value is -3.47. The van der Waals surface area contributed by atoms with Crippen molar-refractivity contribution in [1.29, 1.82) is 0 Å². The first-order chi connectivity index (χ1) is 14.4. The molecule has 2 aromatic heterocycles. The van der Waals surface area contributed by atoms with E-state index in [0.29, 0.717) is 18.7 Å². The Kier molecular flexibility index (Phi) is 5.36. The Labute approximate surface area is 176 Å². The van der Waals surface area contributed by atoms with Gasteiger partial charge in [0.05, 0.1) is 29.0 Å². The number of rotatable bonds is 5. The van der Waals surface area contributed by atoms with Crippen LogP contribution in [0.1, 0.15) is 44.1 Å². The highest BCUT2D eigenvalue weighted by Gasteiger charge is 2.16. The molecule has 0 saturated carbocycles. The van der Waals surface area contributed by atoms with Gasteiger partial charge in [0.15, 0.2) is 0 Å². The summed E-state index contributed by atoms with van der Waals surface area (Å²) in [4.78, 5) is 17.5. The van der Waals surface area contributed by atoms with Crippen molar-refractivity contribution in [2.24, 2.45) is 0 Å². The molecular weight excluding hydrogens is 372 g/mol. The van der Waals surface area contributed by atoms with Crippen molar-refractivity contribution in [1.82, 2.24) is 20.1 Å². The molecule has 0 atom stereocenters. The van der Waals surface area contributed by atoms with Gasteiger partial charge < -0.3 is 5.32 Å². The van der Waals surface area contributed by atoms with Gasteiger partial charge in [-0.2, -0.15) is 5.10 Å². The van der Waals surface area contributed by atoms with Crippen molar-refractivity contribution < 1.29 is 4.79 Å². The van der Waals surface area contributed by atoms with Gasteiger partial charge in [0.2, 0.25) is 0 Å². The minimum Gasteiger partial charge on any atom is -0.348 e. The summed E-state index contributed by atoms with van der Waals surface area (Å²) in [5.74, 6) is -0.113. The summed E-state index contributed by atoms with van der Waals surface area (Å²) in [6, 6.07) is 18.3. The molecule has 0 spiro atoms. The summed E-state index contributed by atoms with van der Waals surface area (Å²) in [5, 5.41) is 8.72. The number of hydrogen-bond acceptors (Lipinski definition) is 3. The topological polar surface area (TPSA) is 59.8 Å². The minimum absolute atomic E-state index is 0.113. The average molecular weight is 399 g/mol. The van der Waals surface area contributed by atoms with Crippen molar-refractivity contribution in [3.63, 3.8) is 0 Å². The zero-order valence-corrected chi connectivity index (χ0v) is 17.9. The Morgan fingerprint density at radius 1 is 0.967 bits per heavy atom. The normalized spacial score (nSPS) is 11.1. The van der Waals surface area contributed by atoms with Crippen LogP contribution in [-0.4, -0.2) is 20.7 Å². The number of nitrogens with zero attached hydrogens (tertiary/aromatic N) is 3. The second kappa shape index (κ2) is 8.11. The Bertz CT molecular complexity index is 1230. The number of fused-ring (bicyclic) bond motifs is 1. The first-order valence-corrected chi connectivity index (χ1v) is 10.2. The van der Waals surface area contributed by atoms with E-state index in [2.05, 4.69) is 40.5 Å². The summed E-state index contributed by atoms with van der Waals surface area (Å²) in [5.41, 5.74) is 7.67. The largest absolute Gasteiger partial charge is 0.348 e. The Morgan fingerprint density at radius 2 is 1.73 bits per heavy atom. The summed E-state index contributed by atoms with van der Waals surface area (Å²) < 4.78 is 2.00. The van der Waals surface area contributed by atoms with Crippen molar-refractivity contribution in [2.75, 3.05) is 0 Å². The fraction of sp³-hybridized carbons (Fsp3) is 0.240. The quantitative estimate of drug-likeness (QED) is 0.533. The van der Waals surface area contributed by atoms with Gasteiger partial charge in [0, 0.05) is 23.2 Å². The first kappa shape index (κ1) is 19.8. The predicted octanol–water partition coefficient (Wildman–Crippen LogP) is 4.64. The molecule has 30 heavy (non-hydrogen) atoms. The van der Waals surface area contributed by atoms with Crippen LogP contribution in [-0.2, 0) is 13.1 Å². The fourth-order valence-corrected chi connectivity index (χ4v) is 3.79. The van der Waals surface area contributed by atoms with Gasteiger partial charge in [-0.3, -0.25) is 14.5 Å². The van der Waals surface area contributed by atoms with Crippen LogP contribution in [0.25, 0.3) is 10.9 Å². The van der Waals surface area contributed by atoms with Crippen LogP contribution in [0.5, 0.6) is 0 Å². The van der Waals surface area contributed by atoms with Gasteiger partial charge in [-0.05, 0) is 51.5 Å². The zero-order chi connectivity index (χ0) is 21.3. The van der Waals surface area contributed by atoms with Crippen LogP contribution in [0.4, 0.5) is 0 Å². The van der Waals surface area contributed by atoms with Crippen LogP contribution in [0.2, 0.25) is 0 Å². The maximum Gasteiger partial charge on any atom is 0.253 e. The maximum atomic E-state index is 12.9. The maximum absolute atomic E-state index is 12.9. The third-order valence-electron chi connectivity index (χ3n) is 5.54. The van der Waals surface area contributed by atoms with E-state index in [-0.39, 0.29) is 5.91 Å². The van der Waals surface area contributed by atoms with Gasteiger partial charge >= 0.3 is 0 Å². The molecule has 5 heteroatoms. The monoisotopic (exact) mass is 398 g/mol. The van der Waals surface area contributed by atoms with Crippen molar-refractivity contribution in [2.45, 2.75) is 40.8 Å². The molecule has 0 aliphatic rings.